The van der Waals surface area contributed by atoms with E-state index in [2.05, 4.69) is 38.0 Å². The van der Waals surface area contributed by atoms with Crippen LogP contribution in [0.4, 0.5) is 5.13 Å². The Kier molecular flexibility index (Phi) is 4.70. The summed E-state index contributed by atoms with van der Waals surface area (Å²) in [5, 5.41) is 14.4. The number of aliphatic carboxylic acids is 1. The Hall–Kier alpha value is -1.14. The molecule has 1 aromatic rings. The lowest BCUT2D eigenvalue weighted by Crippen LogP contribution is -2.28. The Balaban J connectivity index is 2.63. The average Bonchev–Trinajstić information content (AvgIpc) is 2.73. The molecule has 102 valence electrons. The van der Waals surface area contributed by atoms with Crippen LogP contribution >= 0.6 is 11.3 Å². The van der Waals surface area contributed by atoms with Crippen LogP contribution < -0.4 is 11.1 Å². The fraction of sp³-hybridized carbons (Fsp3) is 0.667. The predicted molar refractivity (Wildman–Crippen MR) is 73.8 cm³/mol. The number of rotatable bonds is 6. The fourth-order valence-electron chi connectivity index (χ4n) is 1.14. The molecule has 0 fully saturated rings. The van der Waals surface area contributed by atoms with E-state index in [9.17, 15) is 4.79 Å². The third-order valence-electron chi connectivity index (χ3n) is 3.36. The molecule has 0 bridgehead atoms. The minimum atomic E-state index is -1.06. The normalized spacial score (nSPS) is 13.7. The summed E-state index contributed by atoms with van der Waals surface area (Å²) in [5.74, 6) is -0.514. The smallest absolute Gasteiger partial charge is 0.326 e. The average molecular weight is 271 g/mol. The molecule has 0 spiro atoms. The molecule has 1 rings (SSSR count). The maximum absolute atomic E-state index is 10.7. The fourth-order valence-corrected chi connectivity index (χ4v) is 1.89. The number of hydrogen-bond donors (Lipinski definition) is 3. The van der Waals surface area contributed by atoms with E-state index in [1.54, 1.807) is 5.38 Å². The van der Waals surface area contributed by atoms with Gasteiger partial charge in [-0.05, 0) is 11.3 Å². The molecule has 1 aromatic heterocycles. The van der Waals surface area contributed by atoms with Crippen LogP contribution in [0.3, 0.4) is 0 Å². The zero-order valence-electron chi connectivity index (χ0n) is 11.2. The van der Waals surface area contributed by atoms with Crippen LogP contribution in [0.1, 0.15) is 39.4 Å². The van der Waals surface area contributed by atoms with Gasteiger partial charge in [-0.2, -0.15) is 0 Å². The minimum absolute atomic E-state index is 0.154. The van der Waals surface area contributed by atoms with Crippen molar-refractivity contribution >= 4 is 22.4 Å². The second kappa shape index (κ2) is 5.67. The number of carboxylic acid groups (broad SMARTS) is 1. The molecule has 5 nitrogen and oxygen atoms in total. The summed E-state index contributed by atoms with van der Waals surface area (Å²) in [6.45, 7) is 9.51. The summed E-state index contributed by atoms with van der Waals surface area (Å²) < 4.78 is 0. The predicted octanol–water partition coefficient (Wildman–Crippen LogP) is 2.32. The van der Waals surface area contributed by atoms with E-state index in [0.29, 0.717) is 11.6 Å². The van der Waals surface area contributed by atoms with Crippen molar-refractivity contribution in [1.82, 2.24) is 4.98 Å². The minimum Gasteiger partial charge on any atom is -0.480 e. The number of hydrogen-bond acceptors (Lipinski definition) is 5. The molecule has 1 heterocycles. The van der Waals surface area contributed by atoms with E-state index in [0.717, 1.165) is 11.7 Å². The number of anilines is 1. The lowest BCUT2D eigenvalue weighted by Gasteiger charge is -2.29. The van der Waals surface area contributed by atoms with E-state index in [4.69, 9.17) is 10.8 Å². The van der Waals surface area contributed by atoms with Gasteiger partial charge in [-0.25, -0.2) is 4.98 Å². The van der Waals surface area contributed by atoms with E-state index < -0.39 is 12.0 Å². The highest BCUT2D eigenvalue weighted by Gasteiger charge is 2.23. The zero-order valence-corrected chi connectivity index (χ0v) is 12.0. The lowest BCUT2D eigenvalue weighted by molar-refractivity contribution is -0.138. The maximum Gasteiger partial charge on any atom is 0.326 e. The number of nitrogens with one attached hydrogen (secondary N) is 1. The summed E-state index contributed by atoms with van der Waals surface area (Å²) >= 11 is 1.38. The summed E-state index contributed by atoms with van der Waals surface area (Å²) in [7, 11) is 0. The molecule has 18 heavy (non-hydrogen) atoms. The highest BCUT2D eigenvalue weighted by Crippen LogP contribution is 2.27. The SMILES string of the molecule is CC(C)C(C)(C)CNc1nc(C(N)C(=O)O)cs1. The molecule has 0 saturated heterocycles. The van der Waals surface area contributed by atoms with Crippen LogP contribution in [-0.2, 0) is 4.79 Å². The molecule has 0 aliphatic heterocycles. The highest BCUT2D eigenvalue weighted by atomic mass is 32.1. The Morgan fingerprint density at radius 3 is 2.72 bits per heavy atom. The largest absolute Gasteiger partial charge is 0.480 e. The monoisotopic (exact) mass is 271 g/mol. The molecular weight excluding hydrogens is 250 g/mol. The van der Waals surface area contributed by atoms with Crippen molar-refractivity contribution in [2.24, 2.45) is 17.1 Å². The topological polar surface area (TPSA) is 88.2 Å². The van der Waals surface area contributed by atoms with Gasteiger partial charge in [-0.1, -0.05) is 27.7 Å². The number of nitrogens with two attached hydrogens (primary N) is 1. The van der Waals surface area contributed by atoms with Gasteiger partial charge in [-0.3, -0.25) is 4.79 Å². The van der Waals surface area contributed by atoms with E-state index in [1.165, 1.54) is 11.3 Å². The maximum atomic E-state index is 10.7. The number of carbonyl (C=O) groups is 1. The molecule has 0 aliphatic carbocycles. The number of nitrogens with zero attached hydrogens (tertiary/aromatic N) is 1. The van der Waals surface area contributed by atoms with Crippen molar-refractivity contribution in [3.8, 4) is 0 Å². The van der Waals surface area contributed by atoms with Gasteiger partial charge in [0.2, 0.25) is 0 Å². The van der Waals surface area contributed by atoms with Gasteiger partial charge in [0.15, 0.2) is 5.13 Å². The molecule has 0 aromatic carbocycles. The lowest BCUT2D eigenvalue weighted by atomic mass is 9.81. The molecule has 0 radical (unpaired) electrons. The molecule has 1 unspecified atom stereocenters. The number of aromatic nitrogens is 1. The number of thiazole rings is 1. The van der Waals surface area contributed by atoms with Crippen molar-refractivity contribution in [2.75, 3.05) is 11.9 Å². The van der Waals surface area contributed by atoms with Gasteiger partial charge < -0.3 is 16.2 Å². The van der Waals surface area contributed by atoms with Crippen molar-refractivity contribution in [1.29, 1.82) is 0 Å². The second-order valence-electron chi connectivity index (χ2n) is 5.39. The summed E-state index contributed by atoms with van der Waals surface area (Å²) in [4.78, 5) is 14.9. The van der Waals surface area contributed by atoms with Crippen LogP contribution in [0.15, 0.2) is 5.38 Å². The first-order valence-corrected chi connectivity index (χ1v) is 6.79. The van der Waals surface area contributed by atoms with Crippen molar-refractivity contribution in [3.05, 3.63) is 11.1 Å². The Morgan fingerprint density at radius 1 is 1.61 bits per heavy atom. The third kappa shape index (κ3) is 3.68. The molecule has 6 heteroatoms. The van der Waals surface area contributed by atoms with Gasteiger partial charge >= 0.3 is 5.97 Å². The second-order valence-corrected chi connectivity index (χ2v) is 6.25. The molecular formula is C12H21N3O2S. The first-order valence-electron chi connectivity index (χ1n) is 5.91. The summed E-state index contributed by atoms with van der Waals surface area (Å²) in [6, 6.07) is -1.05. The van der Waals surface area contributed by atoms with Gasteiger partial charge in [0.05, 0.1) is 5.69 Å². The molecule has 0 aliphatic rings. The van der Waals surface area contributed by atoms with E-state index in [-0.39, 0.29) is 5.41 Å². The van der Waals surface area contributed by atoms with E-state index >= 15 is 0 Å². The highest BCUT2D eigenvalue weighted by molar-refractivity contribution is 7.13. The summed E-state index contributed by atoms with van der Waals surface area (Å²) in [5.41, 5.74) is 6.05. The first-order chi connectivity index (χ1) is 8.24. The van der Waals surface area contributed by atoms with Crippen LogP contribution in [0.5, 0.6) is 0 Å². The number of carboxylic acids is 1. The molecule has 1 atom stereocenters. The van der Waals surface area contributed by atoms with Crippen LogP contribution in [0.25, 0.3) is 0 Å². The van der Waals surface area contributed by atoms with Crippen molar-refractivity contribution in [2.45, 2.75) is 33.7 Å². The first kappa shape index (κ1) is 14.9. The standard InChI is InChI=1S/C12H21N3O2S/c1-7(2)12(3,4)6-14-11-15-8(5-18-11)9(13)10(16)17/h5,7,9H,6,13H2,1-4H3,(H,14,15)(H,16,17). The van der Waals surface area contributed by atoms with Crippen LogP contribution in [0, 0.1) is 11.3 Å². The summed E-state index contributed by atoms with van der Waals surface area (Å²) in [6.07, 6.45) is 0. The van der Waals surface area contributed by atoms with Gasteiger partial charge in [0.25, 0.3) is 0 Å². The molecule has 0 amide bonds. The quantitative estimate of drug-likeness (QED) is 0.739. The van der Waals surface area contributed by atoms with Gasteiger partial charge in [-0.15, -0.1) is 11.3 Å². The van der Waals surface area contributed by atoms with Gasteiger partial charge in [0.1, 0.15) is 6.04 Å². The van der Waals surface area contributed by atoms with E-state index in [1.807, 2.05) is 0 Å². The van der Waals surface area contributed by atoms with Crippen LogP contribution in [-0.4, -0.2) is 22.6 Å². The van der Waals surface area contributed by atoms with Crippen molar-refractivity contribution < 1.29 is 9.90 Å². The third-order valence-corrected chi connectivity index (χ3v) is 4.18. The zero-order chi connectivity index (χ0) is 13.9. The molecule has 4 N–H and O–H groups in total. The van der Waals surface area contributed by atoms with Crippen molar-refractivity contribution in [3.63, 3.8) is 0 Å². The Bertz CT molecular complexity index is 415. The Labute approximate surface area is 111 Å². The van der Waals surface area contributed by atoms with Crippen LogP contribution in [0.2, 0.25) is 0 Å². The molecule has 0 saturated carbocycles. The van der Waals surface area contributed by atoms with Gasteiger partial charge in [0, 0.05) is 11.9 Å². The Morgan fingerprint density at radius 2 is 2.22 bits per heavy atom.